The number of rotatable bonds is 7. The minimum absolute atomic E-state index is 0.00517. The van der Waals surface area contributed by atoms with Crippen LogP contribution in [0.25, 0.3) is 0 Å². The van der Waals surface area contributed by atoms with E-state index in [-0.39, 0.29) is 25.3 Å². The summed E-state index contributed by atoms with van der Waals surface area (Å²) in [5.41, 5.74) is -8.84. The highest BCUT2D eigenvalue weighted by molar-refractivity contribution is 5.79. The Bertz CT molecular complexity index is 1540. The van der Waals surface area contributed by atoms with E-state index < -0.39 is 124 Å². The molecule has 0 aromatic carbocycles. The van der Waals surface area contributed by atoms with Crippen molar-refractivity contribution in [2.24, 2.45) is 46.8 Å². The Hall–Kier alpha value is -1.95. The Labute approximate surface area is 316 Å². The number of hydrogen-bond acceptors (Lipinski definition) is 15. The van der Waals surface area contributed by atoms with Gasteiger partial charge in [-0.3, -0.25) is 14.5 Å². The second-order valence-electron chi connectivity index (χ2n) is 18.9. The van der Waals surface area contributed by atoms with Crippen molar-refractivity contribution in [3.05, 3.63) is 0 Å². The lowest BCUT2D eigenvalue weighted by Crippen LogP contribution is -2.78. The van der Waals surface area contributed by atoms with E-state index in [1.807, 2.05) is 6.92 Å². The number of esters is 3. The van der Waals surface area contributed by atoms with Crippen LogP contribution in [0, 0.1) is 46.8 Å². The Morgan fingerprint density at radius 3 is 2.26 bits per heavy atom. The summed E-state index contributed by atoms with van der Waals surface area (Å²) in [6, 6.07) is -0.304. The molecule has 7 aliphatic rings. The van der Waals surface area contributed by atoms with Crippen LogP contribution < -0.4 is 0 Å². The third kappa shape index (κ3) is 5.14. The molecule has 4 saturated carbocycles. The quantitative estimate of drug-likeness (QED) is 0.134. The molecule has 7 rings (SSSR count). The van der Waals surface area contributed by atoms with Gasteiger partial charge in [0.2, 0.25) is 5.79 Å². The van der Waals surface area contributed by atoms with Gasteiger partial charge in [-0.1, -0.05) is 27.7 Å². The largest absolute Gasteiger partial charge is 0.459 e. The molecule has 15 nitrogen and oxygen atoms in total. The molecule has 0 aromatic rings. The van der Waals surface area contributed by atoms with Crippen molar-refractivity contribution >= 4 is 17.9 Å². The zero-order valence-electron chi connectivity index (χ0n) is 32.7. The van der Waals surface area contributed by atoms with Gasteiger partial charge in [0, 0.05) is 37.4 Å². The molecule has 306 valence electrons. The first-order valence-corrected chi connectivity index (χ1v) is 19.9. The van der Waals surface area contributed by atoms with E-state index in [9.17, 15) is 50.1 Å². The Balaban J connectivity index is 1.40. The fourth-order valence-electron chi connectivity index (χ4n) is 12.8. The highest BCUT2D eigenvalue weighted by Crippen LogP contribution is 2.77. The molecule has 7 fully saturated rings. The van der Waals surface area contributed by atoms with Crippen molar-refractivity contribution in [3.63, 3.8) is 0 Å². The summed E-state index contributed by atoms with van der Waals surface area (Å²) in [6.45, 7) is 13.6. The highest BCUT2D eigenvalue weighted by Gasteiger charge is 2.89. The minimum atomic E-state index is -2.43. The number of ether oxygens (including phenoxy) is 4. The molecule has 0 radical (unpaired) electrons. The van der Waals surface area contributed by atoms with E-state index >= 15 is 0 Å². The molecule has 1 spiro atoms. The zero-order chi connectivity index (χ0) is 39.9. The predicted molar refractivity (Wildman–Crippen MR) is 187 cm³/mol. The molecule has 20 atom stereocenters. The minimum Gasteiger partial charge on any atom is -0.459 e. The molecule has 3 aliphatic heterocycles. The Morgan fingerprint density at radius 2 is 1.65 bits per heavy atom. The number of aliphatic hydroxyl groups is 7. The van der Waals surface area contributed by atoms with Gasteiger partial charge in [0.05, 0.1) is 47.3 Å². The number of fused-ring (bicyclic) bond motifs is 5. The van der Waals surface area contributed by atoms with Crippen molar-refractivity contribution in [1.82, 2.24) is 4.90 Å². The van der Waals surface area contributed by atoms with Gasteiger partial charge in [-0.05, 0) is 77.0 Å². The molecule has 15 heteroatoms. The molecule has 3 saturated heterocycles. The topological polar surface area (TPSA) is 233 Å². The number of hydrogen-bond donors (Lipinski definition) is 7. The second kappa shape index (κ2) is 12.8. The van der Waals surface area contributed by atoms with E-state index in [0.29, 0.717) is 31.8 Å². The van der Waals surface area contributed by atoms with Crippen molar-refractivity contribution in [1.29, 1.82) is 0 Å². The molecular formula is C39H61NO14. The molecule has 54 heavy (non-hydrogen) atoms. The van der Waals surface area contributed by atoms with Gasteiger partial charge >= 0.3 is 17.9 Å². The zero-order valence-corrected chi connectivity index (χ0v) is 32.7. The van der Waals surface area contributed by atoms with Gasteiger partial charge in [-0.2, -0.15) is 0 Å². The smallest absolute Gasteiger partial charge is 0.341 e. The number of piperidine rings is 2. The van der Waals surface area contributed by atoms with Gasteiger partial charge in [0.25, 0.3) is 0 Å². The van der Waals surface area contributed by atoms with E-state index in [4.69, 9.17) is 18.9 Å². The summed E-state index contributed by atoms with van der Waals surface area (Å²) in [6.07, 6.45) is -7.34. The average Bonchev–Trinajstić information content (AvgIpc) is 3.38. The van der Waals surface area contributed by atoms with Crippen molar-refractivity contribution < 1.29 is 69.1 Å². The molecule has 7 N–H and O–H groups in total. The molecular weight excluding hydrogens is 706 g/mol. The summed E-state index contributed by atoms with van der Waals surface area (Å²) in [7, 11) is 0. The van der Waals surface area contributed by atoms with Crippen LogP contribution in [0.15, 0.2) is 0 Å². The lowest BCUT2D eigenvalue weighted by atomic mass is 9.48. The summed E-state index contributed by atoms with van der Waals surface area (Å²) < 4.78 is 24.6. The van der Waals surface area contributed by atoms with Crippen LogP contribution in [0.3, 0.4) is 0 Å². The Kier molecular flexibility index (Phi) is 9.52. The molecule has 4 bridgehead atoms. The van der Waals surface area contributed by atoms with Crippen LogP contribution in [0.2, 0.25) is 0 Å². The Morgan fingerprint density at radius 1 is 0.981 bits per heavy atom. The van der Waals surface area contributed by atoms with Crippen molar-refractivity contribution in [2.75, 3.05) is 13.1 Å². The van der Waals surface area contributed by atoms with Gasteiger partial charge in [0.1, 0.15) is 11.7 Å². The van der Waals surface area contributed by atoms with Crippen LogP contribution >= 0.6 is 0 Å². The summed E-state index contributed by atoms with van der Waals surface area (Å²) in [4.78, 5) is 42.0. The molecule has 4 aliphatic carbocycles. The second-order valence-corrected chi connectivity index (χ2v) is 18.9. The van der Waals surface area contributed by atoms with Gasteiger partial charge in [0.15, 0.2) is 17.8 Å². The monoisotopic (exact) mass is 767 g/mol. The van der Waals surface area contributed by atoms with Gasteiger partial charge < -0.3 is 54.7 Å². The van der Waals surface area contributed by atoms with Crippen LogP contribution in [0.1, 0.15) is 93.9 Å². The average molecular weight is 768 g/mol. The molecule has 0 amide bonds. The van der Waals surface area contributed by atoms with E-state index in [1.54, 1.807) is 20.8 Å². The predicted octanol–water partition coefficient (Wildman–Crippen LogP) is 0.00720. The normalized spacial score (nSPS) is 52.7. The van der Waals surface area contributed by atoms with E-state index in [0.717, 1.165) is 20.3 Å². The number of nitrogens with zero attached hydrogens (tertiary/aromatic N) is 1. The van der Waals surface area contributed by atoms with Crippen LogP contribution in [0.5, 0.6) is 0 Å². The van der Waals surface area contributed by atoms with Crippen LogP contribution in [0.4, 0.5) is 0 Å². The standard InChI is InChI=1S/C39H61NO14/c1-9-18(3)32(45)53-31-26(43)25-21(16-40-15-17(2)10-11-23(40)36(25,8)48)22-14-37-29(38(22,31)49)27(44)28(51-20(5)42)30-34(37,6)13-12-24(39(30,50)54-37)52-33(46)35(7,47)19(4)41/h17-19,21-31,41,43-44,47-50H,9-16H2,1-8H3/t17-,18-,19-,21-,22-,23-,24-,25+,26+,27+,28-,29+,30-,31-,34-,35-,36+,37+,38-,39+/m0/s1. The van der Waals surface area contributed by atoms with Crippen molar-refractivity contribution in [2.45, 2.75) is 165 Å². The van der Waals surface area contributed by atoms with Crippen LogP contribution in [-0.4, -0.2) is 142 Å². The maximum Gasteiger partial charge on any atom is 0.341 e. The molecule has 0 unspecified atom stereocenters. The third-order valence-corrected chi connectivity index (χ3v) is 15.8. The molecule has 0 aromatic heterocycles. The van der Waals surface area contributed by atoms with E-state index in [1.165, 1.54) is 6.92 Å². The lowest BCUT2D eigenvalue weighted by molar-refractivity contribution is -0.301. The summed E-state index contributed by atoms with van der Waals surface area (Å²) in [5, 5.41) is 84.8. The van der Waals surface area contributed by atoms with Crippen molar-refractivity contribution in [3.8, 4) is 0 Å². The summed E-state index contributed by atoms with van der Waals surface area (Å²) >= 11 is 0. The van der Waals surface area contributed by atoms with Crippen LogP contribution in [-0.2, 0) is 33.3 Å². The number of carbonyl (C=O) groups is 3. The first-order valence-electron chi connectivity index (χ1n) is 19.9. The summed E-state index contributed by atoms with van der Waals surface area (Å²) in [5.74, 6) is -10.4. The number of aliphatic hydroxyl groups excluding tert-OH is 3. The lowest BCUT2D eigenvalue weighted by Gasteiger charge is -2.64. The first-order chi connectivity index (χ1) is 24.9. The fourth-order valence-corrected chi connectivity index (χ4v) is 12.8. The first kappa shape index (κ1) is 40.3. The fraction of sp³-hybridized carbons (Fsp3) is 0.923. The third-order valence-electron chi connectivity index (χ3n) is 15.8. The molecule has 3 heterocycles. The van der Waals surface area contributed by atoms with Gasteiger partial charge in [-0.15, -0.1) is 0 Å². The van der Waals surface area contributed by atoms with Gasteiger partial charge in [-0.25, -0.2) is 4.79 Å². The SMILES string of the molecule is CC[C@H](C)C(=O)O[C@H]1[C@H](O)[C@H]2[C@@H](CN3C[C@@H](C)CC[C@H]3[C@@]2(C)O)[C@@H]2C[C@]34O[C@]5(O)[C@@H](OC(=O)[C@@](C)(O)[C@H](C)O)CC[C@@]3(C)[C@@H]5[C@@H](OC(C)=O)[C@@H](O)[C@H]4[C@@]21O. The van der Waals surface area contributed by atoms with E-state index in [2.05, 4.69) is 11.8 Å². The highest BCUT2D eigenvalue weighted by atomic mass is 16.7. The maximum atomic E-state index is 13.7. The maximum absolute atomic E-state index is 13.7. The number of carbonyl (C=O) groups excluding carboxylic acids is 3.